The minimum atomic E-state index is -0.135. The van der Waals surface area contributed by atoms with Gasteiger partial charge in [0.2, 0.25) is 0 Å². The van der Waals surface area contributed by atoms with Crippen molar-refractivity contribution in [3.05, 3.63) is 35.0 Å². The summed E-state index contributed by atoms with van der Waals surface area (Å²) in [5, 5.41) is 1.46. The number of Topliss-reactive ketones (excluding diaryl/α,β-unsaturated/α-hetero) is 1. The summed E-state index contributed by atoms with van der Waals surface area (Å²) in [5.41, 5.74) is 7.13. The fraction of sp³-hybridized carbons (Fsp3) is 0.0909. The van der Waals surface area contributed by atoms with E-state index >= 15 is 0 Å². The highest BCUT2D eigenvalue weighted by atomic mass is 35.5. The van der Waals surface area contributed by atoms with Crippen LogP contribution >= 0.6 is 11.6 Å². The Labute approximate surface area is 91.9 Å². The number of carbonyl (C=O) groups excluding carboxylic acids is 1. The summed E-state index contributed by atoms with van der Waals surface area (Å²) in [7, 11) is 0. The number of rotatable bonds is 1. The molecule has 0 fully saturated rings. The Kier molecular flexibility index (Phi) is 2.32. The van der Waals surface area contributed by atoms with E-state index in [-0.39, 0.29) is 5.78 Å². The first-order valence-electron chi connectivity index (χ1n) is 4.44. The molecule has 2 rings (SSSR count). The zero-order valence-electron chi connectivity index (χ0n) is 8.12. The van der Waals surface area contributed by atoms with Crippen LogP contribution in [0.4, 0.5) is 5.69 Å². The van der Waals surface area contributed by atoms with Gasteiger partial charge in [0.05, 0.1) is 11.2 Å². The van der Waals surface area contributed by atoms with E-state index in [2.05, 4.69) is 4.98 Å². The summed E-state index contributed by atoms with van der Waals surface area (Å²) in [6, 6.07) is 6.98. The molecule has 0 aliphatic rings. The molecular formula is C11H9ClN2O. The van der Waals surface area contributed by atoms with Crippen molar-refractivity contribution < 1.29 is 4.79 Å². The number of nitrogens with zero attached hydrogens (tertiary/aromatic N) is 1. The average molecular weight is 221 g/mol. The van der Waals surface area contributed by atoms with Crippen LogP contribution in [0.25, 0.3) is 10.9 Å². The van der Waals surface area contributed by atoms with Crippen LogP contribution in [-0.4, -0.2) is 10.8 Å². The van der Waals surface area contributed by atoms with E-state index in [1.54, 1.807) is 24.3 Å². The lowest BCUT2D eigenvalue weighted by molar-refractivity contribution is 0.101. The number of anilines is 1. The fourth-order valence-corrected chi connectivity index (χ4v) is 1.63. The monoisotopic (exact) mass is 220 g/mol. The molecule has 1 aromatic carbocycles. The van der Waals surface area contributed by atoms with Crippen molar-refractivity contribution in [3.63, 3.8) is 0 Å². The molecule has 4 heteroatoms. The molecule has 0 bridgehead atoms. The van der Waals surface area contributed by atoms with E-state index in [0.29, 0.717) is 16.4 Å². The van der Waals surface area contributed by atoms with Crippen LogP contribution in [0.3, 0.4) is 0 Å². The first kappa shape index (κ1) is 9.93. The van der Waals surface area contributed by atoms with Crippen LogP contribution in [0.2, 0.25) is 5.02 Å². The van der Waals surface area contributed by atoms with Crippen molar-refractivity contribution in [1.82, 2.24) is 4.98 Å². The van der Waals surface area contributed by atoms with Crippen molar-refractivity contribution in [3.8, 4) is 0 Å². The van der Waals surface area contributed by atoms with E-state index in [1.165, 1.54) is 6.92 Å². The minimum absolute atomic E-state index is 0.135. The van der Waals surface area contributed by atoms with E-state index in [4.69, 9.17) is 17.3 Å². The van der Waals surface area contributed by atoms with Crippen LogP contribution in [0.5, 0.6) is 0 Å². The van der Waals surface area contributed by atoms with Gasteiger partial charge in [-0.25, -0.2) is 4.98 Å². The molecule has 0 amide bonds. The highest BCUT2D eigenvalue weighted by Gasteiger charge is 2.08. The van der Waals surface area contributed by atoms with Gasteiger partial charge in [0.1, 0.15) is 5.69 Å². The van der Waals surface area contributed by atoms with Gasteiger partial charge in [0.15, 0.2) is 5.78 Å². The third kappa shape index (κ3) is 1.78. The Morgan fingerprint density at radius 1 is 1.40 bits per heavy atom. The Morgan fingerprint density at radius 3 is 2.80 bits per heavy atom. The predicted molar refractivity (Wildman–Crippen MR) is 61.2 cm³/mol. The van der Waals surface area contributed by atoms with Crippen LogP contribution < -0.4 is 5.73 Å². The Balaban J connectivity index is 2.76. The maximum absolute atomic E-state index is 11.2. The third-order valence-corrected chi connectivity index (χ3v) is 2.37. The van der Waals surface area contributed by atoms with Gasteiger partial charge in [0, 0.05) is 17.3 Å². The second-order valence-electron chi connectivity index (χ2n) is 3.32. The minimum Gasteiger partial charge on any atom is -0.397 e. The maximum Gasteiger partial charge on any atom is 0.180 e. The number of fused-ring (bicyclic) bond motifs is 1. The molecular weight excluding hydrogens is 212 g/mol. The molecule has 0 unspecified atom stereocenters. The number of halogens is 1. The molecule has 0 aliphatic heterocycles. The van der Waals surface area contributed by atoms with E-state index in [0.717, 1.165) is 10.9 Å². The Morgan fingerprint density at radius 2 is 2.13 bits per heavy atom. The Hall–Kier alpha value is -1.61. The molecule has 0 aliphatic carbocycles. The molecule has 76 valence electrons. The third-order valence-electron chi connectivity index (χ3n) is 2.14. The van der Waals surface area contributed by atoms with Gasteiger partial charge < -0.3 is 5.73 Å². The van der Waals surface area contributed by atoms with E-state index in [9.17, 15) is 4.79 Å². The van der Waals surface area contributed by atoms with Crippen LogP contribution in [0, 0.1) is 0 Å². The molecule has 0 spiro atoms. The summed E-state index contributed by atoms with van der Waals surface area (Å²) in [4.78, 5) is 15.4. The number of carbonyl (C=O) groups is 1. The van der Waals surface area contributed by atoms with Gasteiger partial charge >= 0.3 is 0 Å². The fourth-order valence-electron chi connectivity index (χ4n) is 1.45. The second kappa shape index (κ2) is 3.51. The molecule has 15 heavy (non-hydrogen) atoms. The summed E-state index contributed by atoms with van der Waals surface area (Å²) < 4.78 is 0. The van der Waals surface area contributed by atoms with Crippen molar-refractivity contribution in [1.29, 1.82) is 0 Å². The van der Waals surface area contributed by atoms with Gasteiger partial charge in [-0.2, -0.15) is 0 Å². The first-order valence-corrected chi connectivity index (χ1v) is 4.82. The molecule has 0 atom stereocenters. The molecule has 1 aromatic heterocycles. The number of benzene rings is 1. The lowest BCUT2D eigenvalue weighted by atomic mass is 10.1. The van der Waals surface area contributed by atoms with Crippen LogP contribution in [0.15, 0.2) is 24.3 Å². The standard InChI is InChI=1S/C11H9ClN2O/c1-6(15)11-9(13)5-7-4-8(12)2-3-10(7)14-11/h2-5H,13H2,1H3. The summed E-state index contributed by atoms with van der Waals surface area (Å²) in [6.45, 7) is 1.44. The predicted octanol–water partition coefficient (Wildman–Crippen LogP) is 2.67. The second-order valence-corrected chi connectivity index (χ2v) is 3.76. The number of hydrogen-bond acceptors (Lipinski definition) is 3. The maximum atomic E-state index is 11.2. The smallest absolute Gasteiger partial charge is 0.180 e. The van der Waals surface area contributed by atoms with Gasteiger partial charge in [-0.15, -0.1) is 0 Å². The van der Waals surface area contributed by atoms with Gasteiger partial charge in [-0.3, -0.25) is 4.79 Å². The number of nitrogens with two attached hydrogens (primary N) is 1. The molecule has 0 saturated heterocycles. The lowest BCUT2D eigenvalue weighted by Crippen LogP contribution is -2.03. The molecule has 1 heterocycles. The number of nitrogen functional groups attached to an aromatic ring is 1. The van der Waals surface area contributed by atoms with Crippen molar-refractivity contribution >= 4 is 34.0 Å². The van der Waals surface area contributed by atoms with Crippen LogP contribution in [0.1, 0.15) is 17.4 Å². The van der Waals surface area contributed by atoms with Gasteiger partial charge in [-0.1, -0.05) is 11.6 Å². The van der Waals surface area contributed by atoms with Crippen LogP contribution in [-0.2, 0) is 0 Å². The van der Waals surface area contributed by atoms with E-state index in [1.807, 2.05) is 0 Å². The molecule has 2 N–H and O–H groups in total. The number of aromatic nitrogens is 1. The van der Waals surface area contributed by atoms with Crippen molar-refractivity contribution in [2.45, 2.75) is 6.92 Å². The normalized spacial score (nSPS) is 10.5. The zero-order chi connectivity index (χ0) is 11.0. The number of pyridine rings is 1. The van der Waals surface area contributed by atoms with Gasteiger partial charge in [-0.05, 0) is 24.3 Å². The average Bonchev–Trinajstić information content (AvgIpc) is 2.15. The largest absolute Gasteiger partial charge is 0.397 e. The quantitative estimate of drug-likeness (QED) is 0.752. The van der Waals surface area contributed by atoms with Crippen molar-refractivity contribution in [2.75, 3.05) is 5.73 Å². The number of hydrogen-bond donors (Lipinski definition) is 1. The molecule has 2 aromatic rings. The highest BCUT2D eigenvalue weighted by Crippen LogP contribution is 2.22. The molecule has 0 saturated carbocycles. The summed E-state index contributed by atoms with van der Waals surface area (Å²) in [5.74, 6) is -0.135. The lowest BCUT2D eigenvalue weighted by Gasteiger charge is -2.04. The SMILES string of the molecule is CC(=O)c1nc2ccc(Cl)cc2cc1N. The summed E-state index contributed by atoms with van der Waals surface area (Å²) >= 11 is 5.84. The topological polar surface area (TPSA) is 56.0 Å². The zero-order valence-corrected chi connectivity index (χ0v) is 8.88. The molecule has 0 radical (unpaired) electrons. The number of ketones is 1. The first-order chi connectivity index (χ1) is 7.08. The summed E-state index contributed by atoms with van der Waals surface area (Å²) in [6.07, 6.45) is 0. The van der Waals surface area contributed by atoms with Crippen molar-refractivity contribution in [2.24, 2.45) is 0 Å². The molecule has 3 nitrogen and oxygen atoms in total. The highest BCUT2D eigenvalue weighted by molar-refractivity contribution is 6.31. The van der Waals surface area contributed by atoms with Gasteiger partial charge in [0.25, 0.3) is 0 Å². The van der Waals surface area contributed by atoms with E-state index < -0.39 is 0 Å². The Bertz CT molecular complexity index is 552.